The molecule has 0 unspecified atom stereocenters. The molecule has 7 nitrogen and oxygen atoms in total. The maximum absolute atomic E-state index is 15.4. The van der Waals surface area contributed by atoms with Crippen LogP contribution in [0.25, 0.3) is 22.0 Å². The third-order valence-electron chi connectivity index (χ3n) is 5.10. The van der Waals surface area contributed by atoms with Crippen molar-refractivity contribution in [1.82, 2.24) is 15.2 Å². The number of fused-ring (bicyclic) bond motifs is 1. The monoisotopic (exact) mass is 508 g/mol. The highest BCUT2D eigenvalue weighted by molar-refractivity contribution is 7.90. The van der Waals surface area contributed by atoms with Crippen molar-refractivity contribution >= 4 is 44.1 Å². The molecular formula is C22H16ClF3N4O3S. The van der Waals surface area contributed by atoms with Gasteiger partial charge in [0.25, 0.3) is 0 Å². The van der Waals surface area contributed by atoms with E-state index in [1.54, 1.807) is 0 Å². The number of anilines is 1. The number of hydrogen-bond donors (Lipinski definition) is 2. The van der Waals surface area contributed by atoms with Crippen molar-refractivity contribution in [2.75, 3.05) is 5.32 Å². The molecule has 0 aliphatic carbocycles. The highest BCUT2D eigenvalue weighted by atomic mass is 35.5. The Morgan fingerprint density at radius 3 is 2.59 bits per heavy atom. The quantitative estimate of drug-likeness (QED) is 0.397. The van der Waals surface area contributed by atoms with Gasteiger partial charge in [-0.25, -0.2) is 21.6 Å². The molecule has 1 amide bonds. The minimum absolute atomic E-state index is 0.0549. The standard InChI is InChI=1S/C22H16ClF3N4O3S/c1-10-17(7-13(23)8-27-10)34(32,33)9-12-3-6-16(24)18(19(12)25)14-4-5-15-21(20(14)26)29-30-22(15)28-11(2)31/h3-8H,9H2,1-2H3,(H2,28,29,30,31). The largest absolute Gasteiger partial charge is 0.309 e. The Balaban J connectivity index is 1.81. The molecule has 0 saturated carbocycles. The van der Waals surface area contributed by atoms with E-state index in [1.807, 2.05) is 0 Å². The van der Waals surface area contributed by atoms with Crippen molar-refractivity contribution < 1.29 is 26.4 Å². The summed E-state index contributed by atoms with van der Waals surface area (Å²) in [5, 5.41) is 8.90. The van der Waals surface area contributed by atoms with E-state index in [4.69, 9.17) is 11.6 Å². The van der Waals surface area contributed by atoms with E-state index in [0.29, 0.717) is 0 Å². The number of rotatable bonds is 5. The van der Waals surface area contributed by atoms with Gasteiger partial charge in [0.1, 0.15) is 17.2 Å². The number of carbonyl (C=O) groups excluding carboxylic acids is 1. The second kappa shape index (κ2) is 8.73. The number of benzene rings is 2. The number of hydrogen-bond acceptors (Lipinski definition) is 5. The van der Waals surface area contributed by atoms with Gasteiger partial charge in [0.2, 0.25) is 5.91 Å². The van der Waals surface area contributed by atoms with Crippen molar-refractivity contribution in [1.29, 1.82) is 0 Å². The summed E-state index contributed by atoms with van der Waals surface area (Å²) in [5.74, 6) is -4.53. The summed E-state index contributed by atoms with van der Waals surface area (Å²) in [4.78, 5) is 15.0. The lowest BCUT2D eigenvalue weighted by Crippen LogP contribution is -2.10. The molecule has 2 heterocycles. The summed E-state index contributed by atoms with van der Waals surface area (Å²) in [6, 6.07) is 5.52. The SMILES string of the molecule is CC(=O)Nc1n[nH]c2c(F)c(-c3c(F)ccc(CS(=O)(=O)c4cc(Cl)cnc4C)c3F)ccc12. The fourth-order valence-electron chi connectivity index (χ4n) is 3.55. The first kappa shape index (κ1) is 23.7. The first-order valence-electron chi connectivity index (χ1n) is 9.76. The molecular weight excluding hydrogens is 493 g/mol. The predicted molar refractivity (Wildman–Crippen MR) is 121 cm³/mol. The second-order valence-electron chi connectivity index (χ2n) is 7.49. The van der Waals surface area contributed by atoms with Gasteiger partial charge in [0.15, 0.2) is 21.5 Å². The highest BCUT2D eigenvalue weighted by Gasteiger charge is 2.26. The van der Waals surface area contributed by atoms with Gasteiger partial charge in [-0.05, 0) is 25.1 Å². The number of nitrogens with zero attached hydrogens (tertiary/aromatic N) is 2. The highest BCUT2D eigenvalue weighted by Crippen LogP contribution is 2.35. The molecule has 0 bridgehead atoms. The van der Waals surface area contributed by atoms with Gasteiger partial charge in [-0.15, -0.1) is 0 Å². The number of aromatic nitrogens is 3. The van der Waals surface area contributed by atoms with Crippen LogP contribution in [-0.4, -0.2) is 29.5 Å². The zero-order valence-electron chi connectivity index (χ0n) is 17.7. The van der Waals surface area contributed by atoms with E-state index in [1.165, 1.54) is 32.2 Å². The topological polar surface area (TPSA) is 105 Å². The summed E-state index contributed by atoms with van der Waals surface area (Å²) >= 11 is 5.85. The summed E-state index contributed by atoms with van der Waals surface area (Å²) in [7, 11) is -4.11. The van der Waals surface area contributed by atoms with Gasteiger partial charge in [-0.1, -0.05) is 23.7 Å². The Kier molecular flexibility index (Phi) is 6.09. The van der Waals surface area contributed by atoms with Gasteiger partial charge in [-0.3, -0.25) is 14.9 Å². The molecule has 176 valence electrons. The molecule has 0 spiro atoms. The molecule has 0 saturated heterocycles. The lowest BCUT2D eigenvalue weighted by Gasteiger charge is -2.13. The number of carbonyl (C=O) groups is 1. The van der Waals surface area contributed by atoms with E-state index in [-0.39, 0.29) is 37.9 Å². The van der Waals surface area contributed by atoms with E-state index < -0.39 is 50.1 Å². The molecule has 2 aromatic carbocycles. The van der Waals surface area contributed by atoms with Crippen molar-refractivity contribution in [3.05, 3.63) is 70.3 Å². The zero-order valence-corrected chi connectivity index (χ0v) is 19.3. The Morgan fingerprint density at radius 2 is 1.88 bits per heavy atom. The first-order valence-corrected chi connectivity index (χ1v) is 11.8. The van der Waals surface area contributed by atoms with Gasteiger partial charge in [0.05, 0.1) is 26.9 Å². The molecule has 34 heavy (non-hydrogen) atoms. The van der Waals surface area contributed by atoms with Crippen molar-refractivity contribution in [2.24, 2.45) is 0 Å². The van der Waals surface area contributed by atoms with Crippen LogP contribution in [0.2, 0.25) is 5.02 Å². The first-order chi connectivity index (χ1) is 16.0. The number of nitrogens with one attached hydrogen (secondary N) is 2. The van der Waals surface area contributed by atoms with Crippen LogP contribution in [0.4, 0.5) is 19.0 Å². The average Bonchev–Trinajstić information content (AvgIpc) is 3.16. The molecule has 2 aromatic heterocycles. The maximum Gasteiger partial charge on any atom is 0.222 e. The van der Waals surface area contributed by atoms with Crippen LogP contribution in [0, 0.1) is 24.4 Å². The van der Waals surface area contributed by atoms with Gasteiger partial charge < -0.3 is 5.32 Å². The zero-order chi connectivity index (χ0) is 24.8. The van der Waals surface area contributed by atoms with Crippen molar-refractivity contribution in [3.8, 4) is 11.1 Å². The van der Waals surface area contributed by atoms with E-state index in [0.717, 1.165) is 18.2 Å². The van der Waals surface area contributed by atoms with Crippen molar-refractivity contribution in [2.45, 2.75) is 24.5 Å². The summed E-state index contributed by atoms with van der Waals surface area (Å²) < 4.78 is 71.1. The van der Waals surface area contributed by atoms with Gasteiger partial charge in [0, 0.05) is 29.6 Å². The summed E-state index contributed by atoms with van der Waals surface area (Å²) in [5.41, 5.74) is -1.56. The number of amides is 1. The lowest BCUT2D eigenvalue weighted by molar-refractivity contribution is -0.114. The Hall–Kier alpha value is -3.44. The number of pyridine rings is 1. The predicted octanol–water partition coefficient (Wildman–Crippen LogP) is 4.94. The fourth-order valence-corrected chi connectivity index (χ4v) is 5.37. The fraction of sp³-hybridized carbons (Fsp3) is 0.136. The molecule has 4 aromatic rings. The molecule has 12 heteroatoms. The number of aromatic amines is 1. The smallest absolute Gasteiger partial charge is 0.222 e. The normalized spacial score (nSPS) is 11.7. The molecule has 2 N–H and O–H groups in total. The molecule has 0 atom stereocenters. The van der Waals surface area contributed by atoms with Crippen LogP contribution in [0.15, 0.2) is 41.4 Å². The molecule has 0 fully saturated rings. The van der Waals surface area contributed by atoms with E-state index in [9.17, 15) is 17.6 Å². The lowest BCUT2D eigenvalue weighted by atomic mass is 10.00. The van der Waals surface area contributed by atoms with Crippen LogP contribution in [0.5, 0.6) is 0 Å². The summed E-state index contributed by atoms with van der Waals surface area (Å²) in [6.07, 6.45) is 1.28. The number of H-pyrrole nitrogens is 1. The Labute approximate surface area is 196 Å². The van der Waals surface area contributed by atoms with Crippen LogP contribution in [0.3, 0.4) is 0 Å². The minimum Gasteiger partial charge on any atom is -0.309 e. The van der Waals surface area contributed by atoms with Crippen molar-refractivity contribution in [3.63, 3.8) is 0 Å². The van der Waals surface area contributed by atoms with Gasteiger partial charge >= 0.3 is 0 Å². The summed E-state index contributed by atoms with van der Waals surface area (Å²) in [6.45, 7) is 2.70. The van der Waals surface area contributed by atoms with E-state index >= 15 is 8.78 Å². The van der Waals surface area contributed by atoms with Crippen LogP contribution in [-0.2, 0) is 20.4 Å². The van der Waals surface area contributed by atoms with E-state index in [2.05, 4.69) is 20.5 Å². The second-order valence-corrected chi connectivity index (χ2v) is 9.89. The van der Waals surface area contributed by atoms with Gasteiger partial charge in [-0.2, -0.15) is 5.10 Å². The Bertz CT molecular complexity index is 1570. The molecule has 0 aliphatic heterocycles. The van der Waals surface area contributed by atoms with Crippen LogP contribution >= 0.6 is 11.6 Å². The number of aryl methyl sites for hydroxylation is 1. The molecule has 0 radical (unpaired) electrons. The Morgan fingerprint density at radius 1 is 1.15 bits per heavy atom. The third kappa shape index (κ3) is 4.24. The number of halogens is 4. The minimum atomic E-state index is -4.11. The molecule has 0 aliphatic rings. The average molecular weight is 509 g/mol. The van der Waals surface area contributed by atoms with Crippen LogP contribution in [0.1, 0.15) is 18.2 Å². The maximum atomic E-state index is 15.4. The molecule has 4 rings (SSSR count). The van der Waals surface area contributed by atoms with Crippen LogP contribution < -0.4 is 5.32 Å². The number of sulfone groups is 1. The third-order valence-corrected chi connectivity index (χ3v) is 7.08.